The van der Waals surface area contributed by atoms with Crippen LogP contribution < -0.4 is 14.8 Å². The van der Waals surface area contributed by atoms with Gasteiger partial charge in [-0.25, -0.2) is 4.98 Å². The molecule has 0 radical (unpaired) electrons. The van der Waals surface area contributed by atoms with E-state index in [1.807, 2.05) is 36.0 Å². The van der Waals surface area contributed by atoms with Gasteiger partial charge in [0, 0.05) is 18.5 Å². The normalized spacial score (nSPS) is 10.5. The van der Waals surface area contributed by atoms with Crippen LogP contribution >= 0.6 is 11.3 Å². The third kappa shape index (κ3) is 3.11. The van der Waals surface area contributed by atoms with E-state index in [-0.39, 0.29) is 5.91 Å². The number of amides is 1. The number of thiazole rings is 1. The fraction of sp³-hybridized carbons (Fsp3) is 0.176. The highest BCUT2D eigenvalue weighted by atomic mass is 32.1. The Labute approximate surface area is 143 Å². The number of ether oxygens (including phenoxy) is 2. The highest BCUT2D eigenvalue weighted by Gasteiger charge is 2.18. The van der Waals surface area contributed by atoms with Crippen molar-refractivity contribution in [2.75, 3.05) is 19.5 Å². The number of aryl methyl sites for hydroxylation is 1. The Bertz CT molecular complexity index is 856. The average molecular weight is 343 g/mol. The zero-order valence-corrected chi connectivity index (χ0v) is 14.4. The molecule has 0 spiro atoms. The minimum Gasteiger partial charge on any atom is -0.497 e. The Balaban J connectivity index is 1.88. The summed E-state index contributed by atoms with van der Waals surface area (Å²) in [4.78, 5) is 17.7. The Morgan fingerprint density at radius 3 is 2.62 bits per heavy atom. The van der Waals surface area contributed by atoms with Gasteiger partial charge in [-0.3, -0.25) is 4.79 Å². The molecular weight excluding hydrogens is 326 g/mol. The largest absolute Gasteiger partial charge is 0.497 e. The number of nitrogens with one attached hydrogen (secondary N) is 1. The SMILES string of the molecule is COc1ccc(OC)c(NC(=O)c2sc(-n3cccc3)nc2C)c1. The predicted octanol–water partition coefficient (Wildman–Crippen LogP) is 3.51. The summed E-state index contributed by atoms with van der Waals surface area (Å²) in [5, 5.41) is 3.62. The van der Waals surface area contributed by atoms with Gasteiger partial charge >= 0.3 is 0 Å². The number of benzene rings is 1. The van der Waals surface area contributed by atoms with Crippen LogP contribution in [-0.2, 0) is 0 Å². The Morgan fingerprint density at radius 2 is 1.96 bits per heavy atom. The Hall–Kier alpha value is -2.80. The molecule has 124 valence electrons. The van der Waals surface area contributed by atoms with E-state index in [4.69, 9.17) is 9.47 Å². The molecule has 24 heavy (non-hydrogen) atoms. The van der Waals surface area contributed by atoms with Crippen LogP contribution in [0.3, 0.4) is 0 Å². The summed E-state index contributed by atoms with van der Waals surface area (Å²) in [7, 11) is 3.13. The molecule has 6 nitrogen and oxygen atoms in total. The number of hydrogen-bond acceptors (Lipinski definition) is 5. The van der Waals surface area contributed by atoms with Crippen molar-refractivity contribution in [2.45, 2.75) is 6.92 Å². The van der Waals surface area contributed by atoms with Gasteiger partial charge in [0.2, 0.25) is 0 Å². The van der Waals surface area contributed by atoms with Crippen LogP contribution in [0.1, 0.15) is 15.4 Å². The lowest BCUT2D eigenvalue weighted by molar-refractivity contribution is 0.102. The van der Waals surface area contributed by atoms with E-state index in [1.165, 1.54) is 11.3 Å². The molecule has 1 amide bonds. The number of nitrogens with zero attached hydrogens (tertiary/aromatic N) is 2. The zero-order chi connectivity index (χ0) is 17.1. The predicted molar refractivity (Wildman–Crippen MR) is 93.7 cm³/mol. The summed E-state index contributed by atoms with van der Waals surface area (Å²) in [6.45, 7) is 1.82. The molecule has 0 unspecified atom stereocenters. The van der Waals surface area contributed by atoms with Crippen LogP contribution in [0.15, 0.2) is 42.7 Å². The van der Waals surface area contributed by atoms with Gasteiger partial charge in [0.05, 0.1) is 25.6 Å². The highest BCUT2D eigenvalue weighted by molar-refractivity contribution is 7.16. The number of hydrogen-bond donors (Lipinski definition) is 1. The maximum Gasteiger partial charge on any atom is 0.267 e. The molecule has 3 aromatic rings. The molecule has 2 heterocycles. The first kappa shape index (κ1) is 16.1. The zero-order valence-electron chi connectivity index (χ0n) is 13.6. The number of aromatic nitrogens is 2. The molecular formula is C17H17N3O3S. The van der Waals surface area contributed by atoms with Crippen molar-refractivity contribution in [1.29, 1.82) is 0 Å². The van der Waals surface area contributed by atoms with Gasteiger partial charge in [0.15, 0.2) is 5.13 Å². The summed E-state index contributed by atoms with van der Waals surface area (Å²) in [6.07, 6.45) is 3.79. The molecule has 0 aliphatic carbocycles. The van der Waals surface area contributed by atoms with Gasteiger partial charge in [-0.1, -0.05) is 11.3 Å². The van der Waals surface area contributed by atoms with E-state index in [2.05, 4.69) is 10.3 Å². The lowest BCUT2D eigenvalue weighted by atomic mass is 10.2. The van der Waals surface area contributed by atoms with E-state index in [0.29, 0.717) is 27.8 Å². The lowest BCUT2D eigenvalue weighted by Crippen LogP contribution is -2.12. The molecule has 2 aromatic heterocycles. The molecule has 7 heteroatoms. The lowest BCUT2D eigenvalue weighted by Gasteiger charge is -2.11. The van der Waals surface area contributed by atoms with E-state index in [1.54, 1.807) is 32.4 Å². The van der Waals surface area contributed by atoms with E-state index < -0.39 is 0 Å². The average Bonchev–Trinajstić information content (AvgIpc) is 3.24. The van der Waals surface area contributed by atoms with Crippen LogP contribution in [0.2, 0.25) is 0 Å². The maximum atomic E-state index is 12.6. The van der Waals surface area contributed by atoms with Crippen molar-refractivity contribution >= 4 is 22.9 Å². The van der Waals surface area contributed by atoms with Crippen LogP contribution in [0.25, 0.3) is 5.13 Å². The van der Waals surface area contributed by atoms with Gasteiger partial charge in [0.1, 0.15) is 16.4 Å². The first-order chi connectivity index (χ1) is 11.6. The smallest absolute Gasteiger partial charge is 0.267 e. The standard InChI is InChI=1S/C17H17N3O3S/c1-11-15(24-17(18-11)20-8-4-5-9-20)16(21)19-13-10-12(22-2)6-7-14(13)23-3/h4-10H,1-3H3,(H,19,21). The minimum absolute atomic E-state index is 0.227. The summed E-state index contributed by atoms with van der Waals surface area (Å²) < 4.78 is 12.4. The monoisotopic (exact) mass is 343 g/mol. The van der Waals surface area contributed by atoms with Crippen LogP contribution in [0.4, 0.5) is 5.69 Å². The molecule has 0 aliphatic heterocycles. The number of rotatable bonds is 5. The number of methoxy groups -OCH3 is 2. The van der Waals surface area contributed by atoms with E-state index in [0.717, 1.165) is 5.13 Å². The summed E-state index contributed by atoms with van der Waals surface area (Å²) in [5.74, 6) is 0.979. The molecule has 0 bridgehead atoms. The minimum atomic E-state index is -0.227. The van der Waals surface area contributed by atoms with Crippen molar-refractivity contribution in [1.82, 2.24) is 9.55 Å². The fourth-order valence-electron chi connectivity index (χ4n) is 2.26. The number of carbonyl (C=O) groups excluding carboxylic acids is 1. The number of anilines is 1. The summed E-state index contributed by atoms with van der Waals surface area (Å²) in [5.41, 5.74) is 1.24. The molecule has 0 fully saturated rings. The quantitative estimate of drug-likeness (QED) is 0.770. The third-order valence-electron chi connectivity index (χ3n) is 3.47. The molecule has 1 N–H and O–H groups in total. The molecule has 0 saturated heterocycles. The second kappa shape index (κ2) is 6.76. The van der Waals surface area contributed by atoms with Crippen molar-refractivity contribution < 1.29 is 14.3 Å². The highest BCUT2D eigenvalue weighted by Crippen LogP contribution is 2.30. The first-order valence-corrected chi connectivity index (χ1v) is 8.08. The van der Waals surface area contributed by atoms with Gasteiger partial charge in [-0.2, -0.15) is 0 Å². The molecule has 0 atom stereocenters. The Kier molecular flexibility index (Phi) is 4.52. The van der Waals surface area contributed by atoms with Gasteiger partial charge < -0.3 is 19.4 Å². The van der Waals surface area contributed by atoms with Gasteiger partial charge in [0.25, 0.3) is 5.91 Å². The van der Waals surface area contributed by atoms with Crippen LogP contribution in [0.5, 0.6) is 11.5 Å². The van der Waals surface area contributed by atoms with E-state index >= 15 is 0 Å². The molecule has 0 saturated carbocycles. The third-order valence-corrected chi connectivity index (χ3v) is 4.64. The van der Waals surface area contributed by atoms with Crippen molar-refractivity contribution in [3.63, 3.8) is 0 Å². The van der Waals surface area contributed by atoms with Crippen LogP contribution in [-0.4, -0.2) is 29.7 Å². The van der Waals surface area contributed by atoms with Crippen molar-refractivity contribution in [2.24, 2.45) is 0 Å². The summed E-state index contributed by atoms with van der Waals surface area (Å²) >= 11 is 1.34. The van der Waals surface area contributed by atoms with Crippen molar-refractivity contribution in [3.05, 3.63) is 53.3 Å². The topological polar surface area (TPSA) is 65.4 Å². The van der Waals surface area contributed by atoms with Crippen LogP contribution in [0, 0.1) is 6.92 Å². The molecule has 3 rings (SSSR count). The summed E-state index contributed by atoms with van der Waals surface area (Å²) in [6, 6.07) is 9.07. The van der Waals surface area contributed by atoms with Crippen molar-refractivity contribution in [3.8, 4) is 16.6 Å². The second-order valence-electron chi connectivity index (χ2n) is 5.02. The molecule has 1 aromatic carbocycles. The first-order valence-electron chi connectivity index (χ1n) is 7.26. The Morgan fingerprint density at radius 1 is 1.21 bits per heavy atom. The van der Waals surface area contributed by atoms with Gasteiger partial charge in [-0.15, -0.1) is 0 Å². The number of carbonyl (C=O) groups is 1. The fourth-order valence-corrected chi connectivity index (χ4v) is 3.19. The maximum absolute atomic E-state index is 12.6. The van der Waals surface area contributed by atoms with E-state index in [9.17, 15) is 4.79 Å². The second-order valence-corrected chi connectivity index (χ2v) is 6.00. The van der Waals surface area contributed by atoms with Gasteiger partial charge in [-0.05, 0) is 31.2 Å². The molecule has 0 aliphatic rings.